The van der Waals surface area contributed by atoms with Crippen molar-refractivity contribution in [3.8, 4) is 22.9 Å². The Morgan fingerprint density at radius 2 is 1.56 bits per heavy atom. The Bertz CT molecular complexity index is 1240. The van der Waals surface area contributed by atoms with E-state index in [4.69, 9.17) is 4.74 Å². The van der Waals surface area contributed by atoms with Crippen molar-refractivity contribution in [1.82, 2.24) is 14.8 Å². The van der Waals surface area contributed by atoms with Crippen molar-refractivity contribution in [3.63, 3.8) is 0 Å². The van der Waals surface area contributed by atoms with Crippen molar-refractivity contribution in [1.29, 1.82) is 0 Å². The van der Waals surface area contributed by atoms with E-state index in [1.807, 2.05) is 66.2 Å². The minimum Gasteiger partial charge on any atom is -0.457 e. The predicted octanol–water partition coefficient (Wildman–Crippen LogP) is 6.30. The summed E-state index contributed by atoms with van der Waals surface area (Å²) in [4.78, 5) is 12.5. The molecule has 0 spiro atoms. The molecule has 0 aliphatic rings. The Morgan fingerprint density at radius 3 is 2.21 bits per heavy atom. The van der Waals surface area contributed by atoms with Gasteiger partial charge in [-0.3, -0.25) is 4.79 Å². The number of thioether (sulfide) groups is 1. The van der Waals surface area contributed by atoms with Gasteiger partial charge < -0.3 is 14.6 Å². The topological polar surface area (TPSA) is 69.0 Å². The Hall–Kier alpha value is -3.58. The van der Waals surface area contributed by atoms with Gasteiger partial charge in [0.1, 0.15) is 11.5 Å². The van der Waals surface area contributed by atoms with Gasteiger partial charge in [0.15, 0.2) is 11.0 Å². The summed E-state index contributed by atoms with van der Waals surface area (Å²) in [5.41, 5.74) is 3.08. The van der Waals surface area contributed by atoms with Crippen molar-refractivity contribution < 1.29 is 9.53 Å². The van der Waals surface area contributed by atoms with Gasteiger partial charge in [-0.05, 0) is 47.4 Å². The fourth-order valence-electron chi connectivity index (χ4n) is 3.37. The van der Waals surface area contributed by atoms with E-state index >= 15 is 0 Å². The third-order valence-corrected chi connectivity index (χ3v) is 6.31. The van der Waals surface area contributed by atoms with Gasteiger partial charge in [0, 0.05) is 18.3 Å². The largest absolute Gasteiger partial charge is 0.457 e. The Kier molecular flexibility index (Phi) is 7.03. The van der Waals surface area contributed by atoms with Crippen LogP contribution in [0.15, 0.2) is 84.0 Å². The molecule has 0 atom stereocenters. The molecule has 0 saturated carbocycles. The molecule has 0 aliphatic heterocycles. The van der Waals surface area contributed by atoms with E-state index in [9.17, 15) is 4.79 Å². The quantitative estimate of drug-likeness (QED) is 0.320. The second-order valence-electron chi connectivity index (χ2n) is 8.97. The van der Waals surface area contributed by atoms with E-state index in [0.29, 0.717) is 16.6 Å². The molecule has 0 radical (unpaired) electrons. The number of carbonyl (C=O) groups is 1. The van der Waals surface area contributed by atoms with E-state index in [1.54, 1.807) is 0 Å². The molecule has 0 fully saturated rings. The number of nitrogens with zero attached hydrogens (tertiary/aromatic N) is 3. The molecule has 0 aliphatic carbocycles. The van der Waals surface area contributed by atoms with Crippen molar-refractivity contribution in [2.75, 3.05) is 11.1 Å². The third kappa shape index (κ3) is 5.85. The van der Waals surface area contributed by atoms with Crippen LogP contribution in [0, 0.1) is 0 Å². The fourth-order valence-corrected chi connectivity index (χ4v) is 4.08. The van der Waals surface area contributed by atoms with Crippen LogP contribution in [-0.2, 0) is 17.3 Å². The highest BCUT2D eigenvalue weighted by molar-refractivity contribution is 7.99. The van der Waals surface area contributed by atoms with E-state index in [2.05, 4.69) is 60.6 Å². The summed E-state index contributed by atoms with van der Waals surface area (Å²) in [6.07, 6.45) is 0. The van der Waals surface area contributed by atoms with Crippen LogP contribution in [0.2, 0.25) is 0 Å². The molecular formula is C27H28N4O2S. The summed E-state index contributed by atoms with van der Waals surface area (Å²) >= 11 is 1.35. The molecule has 0 bridgehead atoms. The van der Waals surface area contributed by atoms with Crippen molar-refractivity contribution in [2.45, 2.75) is 31.3 Å². The van der Waals surface area contributed by atoms with Crippen LogP contribution in [0.3, 0.4) is 0 Å². The number of amides is 1. The predicted molar refractivity (Wildman–Crippen MR) is 137 cm³/mol. The molecule has 6 nitrogen and oxygen atoms in total. The second kappa shape index (κ2) is 10.1. The monoisotopic (exact) mass is 472 g/mol. The number of hydrogen-bond donors (Lipinski definition) is 1. The highest BCUT2D eigenvalue weighted by Crippen LogP contribution is 2.27. The van der Waals surface area contributed by atoms with Crippen LogP contribution < -0.4 is 10.1 Å². The lowest BCUT2D eigenvalue weighted by Crippen LogP contribution is -2.14. The normalized spacial score (nSPS) is 11.3. The molecule has 4 rings (SSSR count). The zero-order valence-electron chi connectivity index (χ0n) is 19.8. The molecule has 0 saturated heterocycles. The highest BCUT2D eigenvalue weighted by Gasteiger charge is 2.16. The standard InChI is InChI=1S/C27H28N4O2S/c1-27(2,3)20-12-10-19(11-13-20)25-29-30-26(31(25)4)34-18-24(32)28-21-14-16-23(17-15-21)33-22-8-6-5-7-9-22/h5-17H,18H2,1-4H3,(H,28,32). The number of carbonyl (C=O) groups excluding carboxylic acids is 1. The third-order valence-electron chi connectivity index (χ3n) is 5.29. The van der Waals surface area contributed by atoms with Crippen LogP contribution >= 0.6 is 11.8 Å². The Morgan fingerprint density at radius 1 is 0.912 bits per heavy atom. The summed E-state index contributed by atoms with van der Waals surface area (Å²) in [6.45, 7) is 6.57. The molecule has 174 valence electrons. The molecular weight excluding hydrogens is 444 g/mol. The first kappa shape index (κ1) is 23.6. The summed E-state index contributed by atoms with van der Waals surface area (Å²) in [7, 11) is 1.92. The fraction of sp³-hybridized carbons (Fsp3) is 0.222. The molecule has 34 heavy (non-hydrogen) atoms. The average molecular weight is 473 g/mol. The summed E-state index contributed by atoms with van der Waals surface area (Å²) in [6, 6.07) is 25.3. The molecule has 0 unspecified atom stereocenters. The molecule has 4 aromatic rings. The summed E-state index contributed by atoms with van der Waals surface area (Å²) < 4.78 is 7.70. The van der Waals surface area contributed by atoms with Crippen LogP contribution in [0.1, 0.15) is 26.3 Å². The summed E-state index contributed by atoms with van der Waals surface area (Å²) in [5, 5.41) is 12.2. The first-order valence-electron chi connectivity index (χ1n) is 11.1. The number of nitrogens with one attached hydrogen (secondary N) is 1. The van der Waals surface area contributed by atoms with Crippen LogP contribution in [-0.4, -0.2) is 26.4 Å². The maximum atomic E-state index is 12.5. The number of benzene rings is 3. The maximum absolute atomic E-state index is 12.5. The van der Waals surface area contributed by atoms with Gasteiger partial charge in [0.25, 0.3) is 0 Å². The molecule has 7 heteroatoms. The minimum atomic E-state index is -0.110. The number of anilines is 1. The van der Waals surface area contributed by atoms with Gasteiger partial charge in [0.05, 0.1) is 5.75 Å². The van der Waals surface area contributed by atoms with Crippen LogP contribution in [0.5, 0.6) is 11.5 Å². The highest BCUT2D eigenvalue weighted by atomic mass is 32.2. The lowest BCUT2D eigenvalue weighted by atomic mass is 9.87. The number of para-hydroxylation sites is 1. The van der Waals surface area contributed by atoms with E-state index in [1.165, 1.54) is 17.3 Å². The Labute approximate surface area is 204 Å². The van der Waals surface area contributed by atoms with Gasteiger partial charge in [-0.25, -0.2) is 0 Å². The van der Waals surface area contributed by atoms with Gasteiger partial charge >= 0.3 is 0 Å². The first-order chi connectivity index (χ1) is 16.3. The van der Waals surface area contributed by atoms with E-state index in [0.717, 1.165) is 17.1 Å². The number of hydrogen-bond acceptors (Lipinski definition) is 5. The van der Waals surface area contributed by atoms with Crippen LogP contribution in [0.25, 0.3) is 11.4 Å². The maximum Gasteiger partial charge on any atom is 0.234 e. The first-order valence-corrected chi connectivity index (χ1v) is 12.0. The molecule has 1 heterocycles. The zero-order valence-corrected chi connectivity index (χ0v) is 20.6. The van der Waals surface area contributed by atoms with Gasteiger partial charge in [0.2, 0.25) is 5.91 Å². The summed E-state index contributed by atoms with van der Waals surface area (Å²) in [5.74, 6) is 2.37. The smallest absolute Gasteiger partial charge is 0.234 e. The minimum absolute atomic E-state index is 0.0992. The lowest BCUT2D eigenvalue weighted by Gasteiger charge is -2.19. The average Bonchev–Trinajstić information content (AvgIpc) is 3.19. The number of aromatic nitrogens is 3. The van der Waals surface area contributed by atoms with Crippen molar-refractivity contribution in [2.24, 2.45) is 7.05 Å². The SMILES string of the molecule is Cn1c(SCC(=O)Nc2ccc(Oc3ccccc3)cc2)nnc1-c1ccc(C(C)(C)C)cc1. The zero-order chi connectivity index (χ0) is 24.1. The number of ether oxygens (including phenoxy) is 1. The van der Waals surface area contributed by atoms with Gasteiger partial charge in [-0.2, -0.15) is 0 Å². The van der Waals surface area contributed by atoms with Gasteiger partial charge in [-0.15, -0.1) is 10.2 Å². The van der Waals surface area contributed by atoms with Crippen molar-refractivity contribution in [3.05, 3.63) is 84.4 Å². The van der Waals surface area contributed by atoms with E-state index in [-0.39, 0.29) is 17.1 Å². The Balaban J connectivity index is 1.32. The van der Waals surface area contributed by atoms with Crippen LogP contribution in [0.4, 0.5) is 5.69 Å². The van der Waals surface area contributed by atoms with E-state index < -0.39 is 0 Å². The second-order valence-corrected chi connectivity index (χ2v) is 9.91. The van der Waals surface area contributed by atoms with Crippen molar-refractivity contribution >= 4 is 23.4 Å². The molecule has 1 aromatic heterocycles. The lowest BCUT2D eigenvalue weighted by molar-refractivity contribution is -0.113. The van der Waals surface area contributed by atoms with Gasteiger partial charge in [-0.1, -0.05) is 75.0 Å². The molecule has 1 N–H and O–H groups in total. The molecule has 3 aromatic carbocycles. The number of rotatable bonds is 7. The molecule has 1 amide bonds.